The molecule has 1 heterocycles. The standard InChI is InChI=1S/C12H14N4O4S2/c1-7-12(15-8(2)21-7)6-14-9-3-10(16(17)18)5-11(4-9)22(13,19)20/h3-5,14H,6H2,1-2H3,(H2,13,19,20). The molecule has 3 N–H and O–H groups in total. The second-order valence-corrected chi connectivity index (χ2v) is 7.58. The molecule has 0 spiro atoms. The lowest BCUT2D eigenvalue weighted by Crippen LogP contribution is -2.13. The van der Waals surface area contributed by atoms with E-state index in [4.69, 9.17) is 5.14 Å². The Labute approximate surface area is 131 Å². The van der Waals surface area contributed by atoms with Crippen LogP contribution in [0.15, 0.2) is 23.1 Å². The molecule has 2 rings (SSSR count). The molecule has 8 nitrogen and oxygen atoms in total. The van der Waals surface area contributed by atoms with E-state index >= 15 is 0 Å². The van der Waals surface area contributed by atoms with Crippen LogP contribution in [0.5, 0.6) is 0 Å². The molecule has 0 unspecified atom stereocenters. The summed E-state index contributed by atoms with van der Waals surface area (Å²) in [6.07, 6.45) is 0. The maximum absolute atomic E-state index is 11.4. The van der Waals surface area contributed by atoms with Crippen molar-refractivity contribution >= 4 is 32.7 Å². The molecule has 10 heteroatoms. The van der Waals surface area contributed by atoms with Crippen molar-refractivity contribution in [1.82, 2.24) is 4.98 Å². The maximum atomic E-state index is 11.4. The number of nitro benzene ring substituents is 1. The van der Waals surface area contributed by atoms with Crippen LogP contribution in [-0.4, -0.2) is 18.3 Å². The van der Waals surface area contributed by atoms with Gasteiger partial charge in [0, 0.05) is 22.7 Å². The Kier molecular flexibility index (Phi) is 4.44. The molecule has 118 valence electrons. The number of aryl methyl sites for hydroxylation is 2. The lowest BCUT2D eigenvalue weighted by Gasteiger charge is -2.07. The zero-order chi connectivity index (χ0) is 16.5. The van der Waals surface area contributed by atoms with E-state index in [0.29, 0.717) is 12.2 Å². The van der Waals surface area contributed by atoms with Crippen LogP contribution in [0.1, 0.15) is 15.6 Å². The number of anilines is 1. The maximum Gasteiger partial charge on any atom is 0.272 e. The first-order valence-corrected chi connectivity index (χ1v) is 8.52. The lowest BCUT2D eigenvalue weighted by atomic mass is 10.2. The number of nitro groups is 1. The van der Waals surface area contributed by atoms with E-state index in [-0.39, 0.29) is 10.6 Å². The van der Waals surface area contributed by atoms with Gasteiger partial charge in [-0.1, -0.05) is 0 Å². The fraction of sp³-hybridized carbons (Fsp3) is 0.250. The molecule has 0 aliphatic rings. The third-order valence-electron chi connectivity index (χ3n) is 2.89. The van der Waals surface area contributed by atoms with Gasteiger partial charge in [0.25, 0.3) is 5.69 Å². The average molecular weight is 342 g/mol. The Morgan fingerprint density at radius 3 is 2.55 bits per heavy atom. The Morgan fingerprint density at radius 2 is 2.05 bits per heavy atom. The normalized spacial score (nSPS) is 11.4. The average Bonchev–Trinajstić information content (AvgIpc) is 2.73. The summed E-state index contributed by atoms with van der Waals surface area (Å²) in [6, 6.07) is 3.44. The van der Waals surface area contributed by atoms with E-state index < -0.39 is 14.9 Å². The zero-order valence-electron chi connectivity index (χ0n) is 11.9. The molecule has 0 fully saturated rings. The minimum Gasteiger partial charge on any atom is -0.379 e. The first-order chi connectivity index (χ1) is 10.2. The Balaban J connectivity index is 2.32. The van der Waals surface area contributed by atoms with Gasteiger partial charge in [0.2, 0.25) is 10.0 Å². The number of hydrogen-bond donors (Lipinski definition) is 2. The van der Waals surface area contributed by atoms with Crippen LogP contribution in [0.2, 0.25) is 0 Å². The van der Waals surface area contributed by atoms with E-state index in [1.54, 1.807) is 11.3 Å². The minimum absolute atomic E-state index is 0.295. The highest BCUT2D eigenvalue weighted by Gasteiger charge is 2.16. The van der Waals surface area contributed by atoms with Crippen LogP contribution in [0.4, 0.5) is 11.4 Å². The summed E-state index contributed by atoms with van der Waals surface area (Å²) in [4.78, 5) is 15.3. The van der Waals surface area contributed by atoms with Gasteiger partial charge < -0.3 is 5.32 Å². The SMILES string of the molecule is Cc1nc(CNc2cc([N+](=O)[O-])cc(S(N)(=O)=O)c2)c(C)s1. The fourth-order valence-corrected chi connectivity index (χ4v) is 3.29. The predicted octanol–water partition coefficient (Wildman–Crippen LogP) is 1.93. The first-order valence-electron chi connectivity index (χ1n) is 6.16. The summed E-state index contributed by atoms with van der Waals surface area (Å²) in [5, 5.41) is 19.8. The van der Waals surface area contributed by atoms with Crippen LogP contribution < -0.4 is 10.5 Å². The van der Waals surface area contributed by atoms with Crippen LogP contribution in [0, 0.1) is 24.0 Å². The van der Waals surface area contributed by atoms with E-state index in [9.17, 15) is 18.5 Å². The molecule has 22 heavy (non-hydrogen) atoms. The minimum atomic E-state index is -4.03. The molecule has 0 aliphatic carbocycles. The molecule has 0 atom stereocenters. The van der Waals surface area contributed by atoms with E-state index in [1.165, 1.54) is 12.1 Å². The number of hydrogen-bond acceptors (Lipinski definition) is 7. The number of aromatic nitrogens is 1. The molecule has 1 aromatic carbocycles. The highest BCUT2D eigenvalue weighted by Crippen LogP contribution is 2.24. The first kappa shape index (κ1) is 16.3. The van der Waals surface area contributed by atoms with Gasteiger partial charge in [0.05, 0.1) is 27.1 Å². The molecule has 0 aliphatic heterocycles. The Morgan fingerprint density at radius 1 is 1.36 bits per heavy atom. The van der Waals surface area contributed by atoms with Gasteiger partial charge in [0.15, 0.2) is 0 Å². The summed E-state index contributed by atoms with van der Waals surface area (Å²) >= 11 is 1.54. The van der Waals surface area contributed by atoms with Crippen molar-refractivity contribution < 1.29 is 13.3 Å². The molecule has 0 bridgehead atoms. The van der Waals surface area contributed by atoms with Crippen LogP contribution in [0.25, 0.3) is 0 Å². The van der Waals surface area contributed by atoms with Gasteiger partial charge in [-0.2, -0.15) is 0 Å². The molecule has 0 saturated carbocycles. The molecular weight excluding hydrogens is 328 g/mol. The highest BCUT2D eigenvalue weighted by molar-refractivity contribution is 7.89. The number of benzene rings is 1. The number of primary sulfonamides is 1. The van der Waals surface area contributed by atoms with Crippen molar-refractivity contribution in [2.45, 2.75) is 25.3 Å². The Hall–Kier alpha value is -2.04. The number of non-ortho nitro benzene ring substituents is 1. The molecule has 0 radical (unpaired) electrons. The molecule has 0 amide bonds. The van der Waals surface area contributed by atoms with Crippen molar-refractivity contribution in [3.8, 4) is 0 Å². The molecular formula is C12H14N4O4S2. The van der Waals surface area contributed by atoms with Crippen molar-refractivity contribution in [1.29, 1.82) is 0 Å². The van der Waals surface area contributed by atoms with E-state index in [0.717, 1.165) is 21.6 Å². The van der Waals surface area contributed by atoms with Gasteiger partial charge in [0.1, 0.15) is 0 Å². The van der Waals surface area contributed by atoms with Gasteiger partial charge in [-0.05, 0) is 19.9 Å². The second kappa shape index (κ2) is 5.99. The van der Waals surface area contributed by atoms with Crippen LogP contribution >= 0.6 is 11.3 Å². The van der Waals surface area contributed by atoms with Crippen molar-refractivity contribution in [3.05, 3.63) is 43.9 Å². The van der Waals surface area contributed by atoms with E-state index in [2.05, 4.69) is 10.3 Å². The van der Waals surface area contributed by atoms with Gasteiger partial charge >= 0.3 is 0 Å². The number of nitrogens with one attached hydrogen (secondary N) is 1. The number of nitrogens with zero attached hydrogens (tertiary/aromatic N) is 2. The summed E-state index contributed by atoms with van der Waals surface area (Å²) < 4.78 is 22.8. The summed E-state index contributed by atoms with van der Waals surface area (Å²) in [5.74, 6) is 0. The molecule has 2 aromatic rings. The number of sulfonamides is 1. The smallest absolute Gasteiger partial charge is 0.272 e. The monoisotopic (exact) mass is 342 g/mol. The predicted molar refractivity (Wildman–Crippen MR) is 83.4 cm³/mol. The van der Waals surface area contributed by atoms with Crippen molar-refractivity contribution in [3.63, 3.8) is 0 Å². The zero-order valence-corrected chi connectivity index (χ0v) is 13.5. The summed E-state index contributed by atoms with van der Waals surface area (Å²) in [6.45, 7) is 4.14. The highest BCUT2D eigenvalue weighted by atomic mass is 32.2. The second-order valence-electron chi connectivity index (χ2n) is 4.61. The summed E-state index contributed by atoms with van der Waals surface area (Å²) in [7, 11) is -4.03. The summed E-state index contributed by atoms with van der Waals surface area (Å²) in [5.41, 5.74) is 0.759. The number of thiazole rings is 1. The molecule has 0 saturated heterocycles. The lowest BCUT2D eigenvalue weighted by molar-refractivity contribution is -0.385. The third kappa shape index (κ3) is 3.78. The quantitative estimate of drug-likeness (QED) is 0.631. The molecule has 1 aromatic heterocycles. The van der Waals surface area contributed by atoms with Crippen molar-refractivity contribution in [2.75, 3.05) is 5.32 Å². The van der Waals surface area contributed by atoms with Gasteiger partial charge in [-0.15, -0.1) is 11.3 Å². The largest absolute Gasteiger partial charge is 0.379 e. The van der Waals surface area contributed by atoms with E-state index in [1.807, 2.05) is 13.8 Å². The van der Waals surface area contributed by atoms with Crippen LogP contribution in [0.3, 0.4) is 0 Å². The number of nitrogens with two attached hydrogens (primary N) is 1. The number of rotatable bonds is 5. The van der Waals surface area contributed by atoms with Gasteiger partial charge in [-0.3, -0.25) is 10.1 Å². The third-order valence-corrected chi connectivity index (χ3v) is 4.71. The fourth-order valence-electron chi connectivity index (χ4n) is 1.88. The topological polar surface area (TPSA) is 128 Å². The van der Waals surface area contributed by atoms with Gasteiger partial charge in [-0.25, -0.2) is 18.5 Å². The Bertz CT molecular complexity index is 830. The van der Waals surface area contributed by atoms with Crippen molar-refractivity contribution in [2.24, 2.45) is 5.14 Å². The van der Waals surface area contributed by atoms with Crippen LogP contribution in [-0.2, 0) is 16.6 Å².